The number of anilines is 1. The first kappa shape index (κ1) is 22.3. The number of hydrogen-bond donors (Lipinski definition) is 0. The monoisotopic (exact) mass is 498 g/mol. The molecule has 5 heterocycles. The van der Waals surface area contributed by atoms with Gasteiger partial charge in [0.05, 0.1) is 22.5 Å². The van der Waals surface area contributed by atoms with Gasteiger partial charge in [0.1, 0.15) is 23.9 Å². The van der Waals surface area contributed by atoms with Crippen molar-refractivity contribution >= 4 is 22.9 Å². The largest absolute Gasteiger partial charge is 0.488 e. The van der Waals surface area contributed by atoms with Gasteiger partial charge in [-0.05, 0) is 51.0 Å². The summed E-state index contributed by atoms with van der Waals surface area (Å²) in [5.74, 6) is 3.03. The van der Waals surface area contributed by atoms with Crippen LogP contribution >= 0.6 is 0 Å². The van der Waals surface area contributed by atoms with Gasteiger partial charge in [-0.1, -0.05) is 17.6 Å². The molecule has 3 aromatic heterocycles. The van der Waals surface area contributed by atoms with E-state index in [0.717, 1.165) is 90.0 Å². The van der Waals surface area contributed by atoms with Crippen molar-refractivity contribution in [1.82, 2.24) is 24.6 Å². The van der Waals surface area contributed by atoms with E-state index in [1.54, 1.807) is 0 Å². The van der Waals surface area contributed by atoms with Crippen LogP contribution in [0.2, 0.25) is 0 Å². The topological polar surface area (TPSA) is 89.5 Å². The predicted molar refractivity (Wildman–Crippen MR) is 139 cm³/mol. The molecule has 4 aromatic rings. The first-order valence-electron chi connectivity index (χ1n) is 13.2. The Bertz CT molecular complexity index is 1460. The Morgan fingerprint density at radius 3 is 2.57 bits per heavy atom. The lowest BCUT2D eigenvalue weighted by atomic mass is 9.84. The fourth-order valence-electron chi connectivity index (χ4n) is 5.94. The van der Waals surface area contributed by atoms with Crippen molar-refractivity contribution in [2.45, 2.75) is 39.2 Å². The van der Waals surface area contributed by atoms with Gasteiger partial charge in [0.2, 0.25) is 11.9 Å². The van der Waals surface area contributed by atoms with Gasteiger partial charge in [-0.2, -0.15) is 0 Å². The number of aryl methyl sites for hydroxylation is 2. The van der Waals surface area contributed by atoms with E-state index in [9.17, 15) is 4.79 Å². The van der Waals surface area contributed by atoms with Gasteiger partial charge in [0.25, 0.3) is 0 Å². The second-order valence-corrected chi connectivity index (χ2v) is 10.3. The third kappa shape index (κ3) is 3.51. The maximum atomic E-state index is 12.8. The fraction of sp³-hybridized carbons (Fsp3) is 0.429. The van der Waals surface area contributed by atoms with Crippen LogP contribution in [0.4, 0.5) is 5.95 Å². The number of nitrogens with zero attached hydrogens (tertiary/aromatic N) is 6. The Balaban J connectivity index is 1.32. The summed E-state index contributed by atoms with van der Waals surface area (Å²) in [5.41, 5.74) is 5.55. The smallest absolute Gasteiger partial charge is 0.225 e. The zero-order valence-electron chi connectivity index (χ0n) is 21.2. The Morgan fingerprint density at radius 2 is 1.89 bits per heavy atom. The SMILES string of the molecule is Cc1noc(C)c1-c1ccc2nc(N3CCN(C(=O)C4CCC4)CC3)n3c2c1OC[C@@H]3c1ccccn1. The maximum absolute atomic E-state index is 12.8. The van der Waals surface area contributed by atoms with Crippen LogP contribution in [0.25, 0.3) is 22.2 Å². The number of imidazole rings is 1. The molecule has 2 aliphatic heterocycles. The molecule has 1 aromatic carbocycles. The molecule has 0 bridgehead atoms. The minimum absolute atomic E-state index is 0.108. The quantitative estimate of drug-likeness (QED) is 0.418. The molecule has 9 nitrogen and oxygen atoms in total. The minimum atomic E-state index is -0.108. The van der Waals surface area contributed by atoms with E-state index >= 15 is 0 Å². The van der Waals surface area contributed by atoms with Crippen molar-refractivity contribution in [3.63, 3.8) is 0 Å². The molecule has 1 aliphatic carbocycles. The van der Waals surface area contributed by atoms with Crippen LogP contribution in [0.15, 0.2) is 41.1 Å². The molecule has 190 valence electrons. The lowest BCUT2D eigenvalue weighted by Gasteiger charge is -2.39. The molecule has 1 atom stereocenters. The molecular formula is C28H30N6O3. The molecule has 0 N–H and O–H groups in total. The minimum Gasteiger partial charge on any atom is -0.488 e. The summed E-state index contributed by atoms with van der Waals surface area (Å²) >= 11 is 0. The Morgan fingerprint density at radius 1 is 1.05 bits per heavy atom. The number of carbonyl (C=O) groups excluding carboxylic acids is 1. The van der Waals surface area contributed by atoms with Crippen molar-refractivity contribution in [3.8, 4) is 16.9 Å². The molecule has 9 heteroatoms. The highest BCUT2D eigenvalue weighted by atomic mass is 16.5. The van der Waals surface area contributed by atoms with E-state index in [1.165, 1.54) is 6.42 Å². The molecule has 0 radical (unpaired) electrons. The molecule has 37 heavy (non-hydrogen) atoms. The molecule has 0 unspecified atom stereocenters. The molecule has 3 aliphatic rings. The predicted octanol–water partition coefficient (Wildman–Crippen LogP) is 4.13. The number of rotatable bonds is 4. The van der Waals surface area contributed by atoms with Gasteiger partial charge in [-0.15, -0.1) is 0 Å². The molecule has 2 fully saturated rings. The van der Waals surface area contributed by atoms with Crippen LogP contribution < -0.4 is 9.64 Å². The van der Waals surface area contributed by atoms with Crippen LogP contribution in [-0.4, -0.2) is 63.3 Å². The molecule has 1 amide bonds. The van der Waals surface area contributed by atoms with Gasteiger partial charge in [0, 0.05) is 43.9 Å². The number of pyridine rings is 1. The number of piperazine rings is 1. The van der Waals surface area contributed by atoms with Crippen LogP contribution in [0.3, 0.4) is 0 Å². The highest BCUT2D eigenvalue weighted by molar-refractivity contribution is 5.94. The van der Waals surface area contributed by atoms with Crippen LogP contribution in [-0.2, 0) is 4.79 Å². The number of amides is 1. The lowest BCUT2D eigenvalue weighted by molar-refractivity contribution is -0.138. The van der Waals surface area contributed by atoms with Crippen molar-refractivity contribution in [1.29, 1.82) is 0 Å². The normalized spacial score (nSPS) is 19.7. The van der Waals surface area contributed by atoms with E-state index in [-0.39, 0.29) is 12.0 Å². The fourth-order valence-corrected chi connectivity index (χ4v) is 5.94. The van der Waals surface area contributed by atoms with Gasteiger partial charge in [-0.3, -0.25) is 14.3 Å². The van der Waals surface area contributed by atoms with Crippen molar-refractivity contribution < 1.29 is 14.1 Å². The summed E-state index contributed by atoms with van der Waals surface area (Å²) in [5, 5.41) is 4.17. The van der Waals surface area contributed by atoms with Crippen LogP contribution in [0.5, 0.6) is 5.75 Å². The van der Waals surface area contributed by atoms with Crippen LogP contribution in [0, 0.1) is 19.8 Å². The number of aromatic nitrogens is 4. The number of carbonyl (C=O) groups is 1. The lowest BCUT2D eigenvalue weighted by Crippen LogP contribution is -2.52. The maximum Gasteiger partial charge on any atom is 0.225 e. The molecule has 1 saturated carbocycles. The van der Waals surface area contributed by atoms with Crippen molar-refractivity contribution in [2.24, 2.45) is 5.92 Å². The van der Waals surface area contributed by atoms with E-state index < -0.39 is 0 Å². The van der Waals surface area contributed by atoms with Crippen molar-refractivity contribution in [3.05, 3.63) is 53.7 Å². The number of ether oxygens (including phenoxy) is 1. The third-order valence-corrected chi connectivity index (χ3v) is 8.14. The Labute approximate surface area is 215 Å². The molecule has 7 rings (SSSR count). The van der Waals surface area contributed by atoms with Gasteiger partial charge in [0.15, 0.2) is 5.75 Å². The number of benzene rings is 1. The van der Waals surface area contributed by atoms with Gasteiger partial charge >= 0.3 is 0 Å². The Kier molecular flexibility index (Phi) is 5.19. The first-order chi connectivity index (χ1) is 18.1. The first-order valence-corrected chi connectivity index (χ1v) is 13.2. The summed E-state index contributed by atoms with van der Waals surface area (Å²) < 4.78 is 14.3. The standard InChI is InChI=1S/C28H30N6O3/c1-17-24(18(2)37-31-17)20-9-10-22-25-26(20)36-16-23(21-8-3-4-11-29-21)34(25)28(30-22)33-14-12-32(13-15-33)27(35)19-6-5-7-19/h3-4,8-11,19,23H,5-7,12-16H2,1-2H3/t23-/m1/s1. The molecular weight excluding hydrogens is 468 g/mol. The van der Waals surface area contributed by atoms with Gasteiger partial charge in [-0.25, -0.2) is 4.98 Å². The second-order valence-electron chi connectivity index (χ2n) is 10.3. The summed E-state index contributed by atoms with van der Waals surface area (Å²) in [6, 6.07) is 9.99. The number of hydrogen-bond acceptors (Lipinski definition) is 7. The van der Waals surface area contributed by atoms with Crippen LogP contribution in [0.1, 0.15) is 42.5 Å². The second kappa shape index (κ2) is 8.61. The van der Waals surface area contributed by atoms with E-state index in [1.807, 2.05) is 43.1 Å². The van der Waals surface area contributed by atoms with E-state index in [4.69, 9.17) is 14.2 Å². The zero-order valence-corrected chi connectivity index (χ0v) is 21.2. The highest BCUT2D eigenvalue weighted by Gasteiger charge is 2.36. The third-order valence-electron chi connectivity index (χ3n) is 8.14. The van der Waals surface area contributed by atoms with Crippen molar-refractivity contribution in [2.75, 3.05) is 37.7 Å². The average molecular weight is 499 g/mol. The summed E-state index contributed by atoms with van der Waals surface area (Å²) in [4.78, 5) is 27.0. The zero-order chi connectivity index (χ0) is 25.1. The van der Waals surface area contributed by atoms with E-state index in [0.29, 0.717) is 12.5 Å². The molecule has 1 saturated heterocycles. The van der Waals surface area contributed by atoms with Gasteiger partial charge < -0.3 is 19.1 Å². The van der Waals surface area contributed by atoms with E-state index in [2.05, 4.69) is 31.7 Å². The average Bonchev–Trinajstić information content (AvgIpc) is 3.45. The summed E-state index contributed by atoms with van der Waals surface area (Å²) in [7, 11) is 0. The Hall–Kier alpha value is -3.88. The highest BCUT2D eigenvalue weighted by Crippen LogP contribution is 2.45. The summed E-state index contributed by atoms with van der Waals surface area (Å²) in [6.45, 7) is 7.28. The summed E-state index contributed by atoms with van der Waals surface area (Å²) in [6.07, 6.45) is 5.08. The molecule has 0 spiro atoms.